The summed E-state index contributed by atoms with van der Waals surface area (Å²) >= 11 is 0. The van der Waals surface area contributed by atoms with Crippen LogP contribution in [0.1, 0.15) is 58.3 Å². The summed E-state index contributed by atoms with van der Waals surface area (Å²) in [5, 5.41) is 8.45. The summed E-state index contributed by atoms with van der Waals surface area (Å²) < 4.78 is 0. The van der Waals surface area contributed by atoms with Crippen LogP contribution >= 0.6 is 0 Å². The Bertz CT molecular complexity index is 335. The molecule has 0 amide bonds. The molecule has 0 aromatic carbocycles. The van der Waals surface area contributed by atoms with Crippen molar-refractivity contribution in [3.63, 3.8) is 0 Å². The molecule has 0 saturated carbocycles. The van der Waals surface area contributed by atoms with Gasteiger partial charge in [0.2, 0.25) is 0 Å². The van der Waals surface area contributed by atoms with Gasteiger partial charge in [0.1, 0.15) is 0 Å². The van der Waals surface area contributed by atoms with E-state index in [1.807, 2.05) is 36.5 Å². The number of carbonyl (C=O) groups is 1. The predicted molar refractivity (Wildman–Crippen MR) is 86.8 cm³/mol. The van der Waals surface area contributed by atoms with Gasteiger partial charge >= 0.3 is 5.97 Å². The summed E-state index contributed by atoms with van der Waals surface area (Å²) in [6.45, 7) is 2.24. The third-order valence-electron chi connectivity index (χ3n) is 2.83. The molecule has 0 aliphatic rings. The SMILES string of the molecule is CCCCCCCC=CC=CC=CC=CCCC(=O)O. The lowest BCUT2D eigenvalue weighted by molar-refractivity contribution is -0.136. The summed E-state index contributed by atoms with van der Waals surface area (Å²) in [5.74, 6) is -0.752. The molecule has 2 nitrogen and oxygen atoms in total. The quantitative estimate of drug-likeness (QED) is 0.381. The molecule has 0 radical (unpaired) electrons. The molecule has 0 aliphatic carbocycles. The van der Waals surface area contributed by atoms with Gasteiger partial charge in [0, 0.05) is 6.42 Å². The maximum atomic E-state index is 10.3. The summed E-state index contributed by atoms with van der Waals surface area (Å²) in [5.41, 5.74) is 0. The number of carboxylic acids is 1. The molecule has 2 heteroatoms. The fraction of sp³-hybridized carbons (Fsp3) is 0.500. The van der Waals surface area contributed by atoms with Gasteiger partial charge in [-0.3, -0.25) is 4.79 Å². The number of rotatable bonds is 12. The number of hydrogen-bond donors (Lipinski definition) is 1. The Morgan fingerprint density at radius 3 is 1.95 bits per heavy atom. The van der Waals surface area contributed by atoms with Crippen molar-refractivity contribution in [3.05, 3.63) is 48.6 Å². The first kappa shape index (κ1) is 18.4. The minimum atomic E-state index is -0.752. The first-order chi connectivity index (χ1) is 9.77. The second-order valence-corrected chi connectivity index (χ2v) is 4.76. The molecule has 0 unspecified atom stereocenters. The van der Waals surface area contributed by atoms with Gasteiger partial charge in [-0.2, -0.15) is 0 Å². The summed E-state index contributed by atoms with van der Waals surface area (Å²) in [4.78, 5) is 10.3. The number of allylic oxidation sites excluding steroid dienone is 8. The lowest BCUT2D eigenvalue weighted by Crippen LogP contribution is -1.91. The first-order valence-corrected chi connectivity index (χ1v) is 7.64. The molecule has 0 spiro atoms. The van der Waals surface area contributed by atoms with E-state index in [0.717, 1.165) is 6.42 Å². The number of carboxylic acid groups (broad SMARTS) is 1. The van der Waals surface area contributed by atoms with Crippen LogP contribution in [0, 0.1) is 0 Å². The molecule has 0 fully saturated rings. The van der Waals surface area contributed by atoms with Crippen LogP contribution in [0.3, 0.4) is 0 Å². The van der Waals surface area contributed by atoms with E-state index in [4.69, 9.17) is 5.11 Å². The largest absolute Gasteiger partial charge is 0.481 e. The van der Waals surface area contributed by atoms with Crippen molar-refractivity contribution in [1.82, 2.24) is 0 Å². The normalized spacial score (nSPS) is 12.4. The highest BCUT2D eigenvalue weighted by atomic mass is 16.4. The average molecular weight is 276 g/mol. The van der Waals surface area contributed by atoms with Crippen LogP contribution in [-0.2, 0) is 4.79 Å². The zero-order valence-electron chi connectivity index (χ0n) is 12.6. The number of aliphatic carboxylic acids is 1. The van der Waals surface area contributed by atoms with Gasteiger partial charge in [0.15, 0.2) is 0 Å². The van der Waals surface area contributed by atoms with Crippen LogP contribution in [0.25, 0.3) is 0 Å². The molecule has 0 bridgehead atoms. The minimum absolute atomic E-state index is 0.196. The van der Waals surface area contributed by atoms with Gasteiger partial charge in [0.25, 0.3) is 0 Å². The van der Waals surface area contributed by atoms with Crippen LogP contribution in [0.15, 0.2) is 48.6 Å². The maximum absolute atomic E-state index is 10.3. The molecule has 20 heavy (non-hydrogen) atoms. The molecular formula is C18H28O2. The Balaban J connectivity index is 3.47. The van der Waals surface area contributed by atoms with Crippen LogP contribution < -0.4 is 0 Å². The average Bonchev–Trinajstić information content (AvgIpc) is 2.43. The van der Waals surface area contributed by atoms with Crippen LogP contribution in [0.4, 0.5) is 0 Å². The Labute approximate surface area is 123 Å². The van der Waals surface area contributed by atoms with E-state index in [2.05, 4.69) is 19.1 Å². The zero-order chi connectivity index (χ0) is 14.9. The highest BCUT2D eigenvalue weighted by Gasteiger charge is 1.90. The molecule has 0 aliphatic heterocycles. The molecular weight excluding hydrogens is 248 g/mol. The molecule has 0 rings (SSSR count). The second-order valence-electron chi connectivity index (χ2n) is 4.76. The van der Waals surface area contributed by atoms with Crippen molar-refractivity contribution in [2.75, 3.05) is 0 Å². The molecule has 1 N–H and O–H groups in total. The molecule has 0 saturated heterocycles. The van der Waals surface area contributed by atoms with Gasteiger partial charge in [-0.1, -0.05) is 81.2 Å². The van der Waals surface area contributed by atoms with E-state index >= 15 is 0 Å². The molecule has 0 heterocycles. The Morgan fingerprint density at radius 2 is 1.35 bits per heavy atom. The van der Waals surface area contributed by atoms with E-state index in [9.17, 15) is 4.79 Å². The molecule has 0 atom stereocenters. The maximum Gasteiger partial charge on any atom is 0.303 e. The predicted octanol–water partition coefficient (Wildman–Crippen LogP) is 5.44. The lowest BCUT2D eigenvalue weighted by Gasteiger charge is -1.95. The zero-order valence-corrected chi connectivity index (χ0v) is 12.6. The van der Waals surface area contributed by atoms with Crippen LogP contribution in [-0.4, -0.2) is 11.1 Å². The Morgan fingerprint density at radius 1 is 0.800 bits per heavy atom. The van der Waals surface area contributed by atoms with E-state index in [-0.39, 0.29) is 6.42 Å². The van der Waals surface area contributed by atoms with Gasteiger partial charge in [-0.25, -0.2) is 0 Å². The van der Waals surface area contributed by atoms with Gasteiger partial charge in [-0.05, 0) is 19.3 Å². The smallest absolute Gasteiger partial charge is 0.303 e. The van der Waals surface area contributed by atoms with Gasteiger partial charge in [-0.15, -0.1) is 0 Å². The summed E-state index contributed by atoms with van der Waals surface area (Å²) in [7, 11) is 0. The van der Waals surface area contributed by atoms with Crippen molar-refractivity contribution < 1.29 is 9.90 Å². The van der Waals surface area contributed by atoms with Crippen LogP contribution in [0.5, 0.6) is 0 Å². The van der Waals surface area contributed by atoms with Crippen molar-refractivity contribution >= 4 is 5.97 Å². The first-order valence-electron chi connectivity index (χ1n) is 7.64. The fourth-order valence-corrected chi connectivity index (χ4v) is 1.68. The Hall–Kier alpha value is -1.57. The highest BCUT2D eigenvalue weighted by molar-refractivity contribution is 5.66. The second kappa shape index (κ2) is 15.5. The lowest BCUT2D eigenvalue weighted by atomic mass is 10.1. The molecule has 112 valence electrons. The van der Waals surface area contributed by atoms with E-state index in [1.54, 1.807) is 0 Å². The van der Waals surface area contributed by atoms with E-state index in [1.165, 1.54) is 32.1 Å². The topological polar surface area (TPSA) is 37.3 Å². The third kappa shape index (κ3) is 16.4. The third-order valence-corrected chi connectivity index (χ3v) is 2.83. The monoisotopic (exact) mass is 276 g/mol. The standard InChI is InChI=1S/C18H28O2/c1-2-3-4-5-6-7-8-9-10-11-12-13-14-15-16-17-18(19)20/h8-15H,2-7,16-17H2,1H3,(H,19,20). The highest BCUT2D eigenvalue weighted by Crippen LogP contribution is 2.05. The number of hydrogen-bond acceptors (Lipinski definition) is 1. The molecule has 0 aromatic heterocycles. The van der Waals surface area contributed by atoms with Crippen molar-refractivity contribution in [3.8, 4) is 0 Å². The number of unbranched alkanes of at least 4 members (excludes halogenated alkanes) is 5. The van der Waals surface area contributed by atoms with Crippen molar-refractivity contribution in [2.45, 2.75) is 58.3 Å². The summed E-state index contributed by atoms with van der Waals surface area (Å²) in [6, 6.07) is 0. The van der Waals surface area contributed by atoms with Gasteiger partial charge in [0.05, 0.1) is 0 Å². The van der Waals surface area contributed by atoms with Crippen LogP contribution in [0.2, 0.25) is 0 Å². The summed E-state index contributed by atoms with van der Waals surface area (Å²) in [6.07, 6.45) is 24.5. The van der Waals surface area contributed by atoms with Crippen molar-refractivity contribution in [2.24, 2.45) is 0 Å². The van der Waals surface area contributed by atoms with Gasteiger partial charge < -0.3 is 5.11 Å². The minimum Gasteiger partial charge on any atom is -0.481 e. The Kier molecular flexibility index (Phi) is 14.3. The van der Waals surface area contributed by atoms with E-state index < -0.39 is 5.97 Å². The fourth-order valence-electron chi connectivity index (χ4n) is 1.68. The van der Waals surface area contributed by atoms with E-state index in [0.29, 0.717) is 6.42 Å². The van der Waals surface area contributed by atoms with Crippen molar-refractivity contribution in [1.29, 1.82) is 0 Å². The molecule has 0 aromatic rings.